The van der Waals surface area contributed by atoms with Crippen molar-refractivity contribution in [2.24, 2.45) is 11.8 Å². The Bertz CT molecular complexity index is 547. The number of allylic oxidation sites excluding steroid dienone is 8. The van der Waals surface area contributed by atoms with E-state index < -0.39 is 21.3 Å². The maximum absolute atomic E-state index is 4.69. The molecular formula is C17H26Cl2Zr. The first-order chi connectivity index (χ1) is 8.34. The molecule has 0 aromatic heterocycles. The molecule has 2 atom stereocenters. The molecule has 3 heteroatoms. The van der Waals surface area contributed by atoms with E-state index in [1.54, 1.807) is 12.1 Å². The van der Waals surface area contributed by atoms with Crippen LogP contribution in [0.15, 0.2) is 41.0 Å². The van der Waals surface area contributed by atoms with E-state index in [0.29, 0.717) is 11.8 Å². The summed E-state index contributed by atoms with van der Waals surface area (Å²) in [6, 6.07) is 0. The van der Waals surface area contributed by atoms with Crippen molar-refractivity contribution in [1.82, 2.24) is 0 Å². The molecule has 0 bridgehead atoms. The van der Waals surface area contributed by atoms with Crippen LogP contribution in [0.4, 0.5) is 0 Å². The second-order valence-electron chi connectivity index (χ2n) is 5.86. The van der Waals surface area contributed by atoms with E-state index >= 15 is 0 Å². The van der Waals surface area contributed by atoms with Crippen molar-refractivity contribution in [3.05, 3.63) is 41.0 Å². The molecule has 0 fully saturated rings. The summed E-state index contributed by atoms with van der Waals surface area (Å²) in [5.41, 5.74) is 6.07. The van der Waals surface area contributed by atoms with E-state index in [1.807, 2.05) is 0 Å². The average Bonchev–Trinajstić information content (AvgIpc) is 2.66. The fraction of sp³-hybridized carbons (Fsp3) is 0.471. The van der Waals surface area contributed by atoms with Gasteiger partial charge in [-0.3, -0.25) is 0 Å². The minimum atomic E-state index is -1.85. The van der Waals surface area contributed by atoms with Crippen molar-refractivity contribution in [1.29, 1.82) is 0 Å². The quantitative estimate of drug-likeness (QED) is 0.572. The first kappa shape index (κ1) is 20.3. The van der Waals surface area contributed by atoms with Crippen LogP contribution in [0.5, 0.6) is 0 Å². The van der Waals surface area contributed by atoms with Gasteiger partial charge in [0.2, 0.25) is 0 Å². The molecule has 20 heavy (non-hydrogen) atoms. The van der Waals surface area contributed by atoms with E-state index in [9.17, 15) is 0 Å². The number of rotatable bonds is 2. The summed E-state index contributed by atoms with van der Waals surface area (Å²) in [5, 5.41) is 0. The first-order valence-corrected chi connectivity index (χ1v) is 11.0. The van der Waals surface area contributed by atoms with Gasteiger partial charge in [0.05, 0.1) is 0 Å². The maximum atomic E-state index is 4.69. The van der Waals surface area contributed by atoms with Crippen molar-refractivity contribution >= 4 is 29.0 Å². The average molecular weight is 393 g/mol. The van der Waals surface area contributed by atoms with Gasteiger partial charge in [-0.05, 0) is 0 Å². The van der Waals surface area contributed by atoms with E-state index in [-0.39, 0.29) is 24.8 Å². The Morgan fingerprint density at radius 2 is 1.55 bits per heavy atom. The molecule has 0 aromatic rings. The van der Waals surface area contributed by atoms with Gasteiger partial charge in [0.25, 0.3) is 0 Å². The predicted octanol–water partition coefficient (Wildman–Crippen LogP) is 5.62. The van der Waals surface area contributed by atoms with Crippen molar-refractivity contribution in [2.45, 2.75) is 41.5 Å². The van der Waals surface area contributed by atoms with Crippen LogP contribution >= 0.6 is 24.8 Å². The molecule has 0 aromatic carbocycles. The van der Waals surface area contributed by atoms with E-state index in [4.69, 9.17) is 0 Å². The van der Waals surface area contributed by atoms with Gasteiger partial charge in [0, 0.05) is 0 Å². The summed E-state index contributed by atoms with van der Waals surface area (Å²) >= 11 is -1.85. The molecule has 0 N–H and O–H groups in total. The molecule has 0 amide bonds. The van der Waals surface area contributed by atoms with Gasteiger partial charge in [-0.1, -0.05) is 0 Å². The molecule has 0 heterocycles. The van der Waals surface area contributed by atoms with Crippen LogP contribution in [0.2, 0.25) is 0 Å². The molecule has 112 valence electrons. The van der Waals surface area contributed by atoms with Crippen molar-refractivity contribution in [3.63, 3.8) is 0 Å². The van der Waals surface area contributed by atoms with Crippen LogP contribution in [0.3, 0.4) is 0 Å². The van der Waals surface area contributed by atoms with Crippen LogP contribution in [-0.4, -0.2) is 4.21 Å². The summed E-state index contributed by atoms with van der Waals surface area (Å²) < 4.78 is 8.13. The first-order valence-electron chi connectivity index (χ1n) is 6.82. The summed E-state index contributed by atoms with van der Waals surface area (Å²) in [7, 11) is 0. The second kappa shape index (κ2) is 7.52. The molecule has 2 unspecified atom stereocenters. The monoisotopic (exact) mass is 390 g/mol. The van der Waals surface area contributed by atoms with Crippen LogP contribution in [0.1, 0.15) is 41.5 Å². The van der Waals surface area contributed by atoms with Crippen LogP contribution in [0, 0.1) is 11.8 Å². The van der Waals surface area contributed by atoms with Gasteiger partial charge in [0.15, 0.2) is 0 Å². The topological polar surface area (TPSA) is 0 Å². The third kappa shape index (κ3) is 3.37. The Labute approximate surface area is 144 Å². The Kier molecular flexibility index (Phi) is 7.63. The summed E-state index contributed by atoms with van der Waals surface area (Å²) in [6.45, 7) is 13.8. The minimum absolute atomic E-state index is 0. The van der Waals surface area contributed by atoms with Gasteiger partial charge in [-0.25, -0.2) is 0 Å². The van der Waals surface area contributed by atoms with Crippen LogP contribution in [-0.2, 0) is 21.3 Å². The van der Waals surface area contributed by atoms with Gasteiger partial charge in [-0.15, -0.1) is 24.8 Å². The normalized spacial score (nSPS) is 25.1. The second-order valence-corrected chi connectivity index (χ2v) is 10.9. The standard InChI is InChI=1S/2C8H11.CH2.2ClH.Zr/c2*1-6-4-7(2)8(3)5-6;;;;/h4,8H,1-3H3;4,6H,1-3H3;1H2;2*1H;. The van der Waals surface area contributed by atoms with E-state index in [0.717, 1.165) is 0 Å². The summed E-state index contributed by atoms with van der Waals surface area (Å²) in [6.07, 6.45) is 4.80. The van der Waals surface area contributed by atoms with Crippen molar-refractivity contribution in [2.75, 3.05) is 0 Å². The zero-order valence-electron chi connectivity index (χ0n) is 13.3. The zero-order valence-corrected chi connectivity index (χ0v) is 17.4. The Hall–Kier alpha value is 0.293. The van der Waals surface area contributed by atoms with Gasteiger partial charge in [0.1, 0.15) is 0 Å². The Morgan fingerprint density at radius 1 is 1.00 bits per heavy atom. The van der Waals surface area contributed by atoms with Crippen LogP contribution in [0.25, 0.3) is 0 Å². The molecule has 0 spiro atoms. The molecule has 0 saturated carbocycles. The van der Waals surface area contributed by atoms with Crippen molar-refractivity contribution < 1.29 is 21.3 Å². The summed E-state index contributed by atoms with van der Waals surface area (Å²) in [4.78, 5) is 0. The molecule has 2 aliphatic rings. The molecule has 0 nitrogen and oxygen atoms in total. The van der Waals surface area contributed by atoms with Gasteiger partial charge in [-0.2, -0.15) is 0 Å². The third-order valence-corrected chi connectivity index (χ3v) is 11.9. The third-order valence-electron chi connectivity index (χ3n) is 4.59. The molecule has 0 saturated heterocycles. The van der Waals surface area contributed by atoms with Crippen molar-refractivity contribution in [3.8, 4) is 0 Å². The molecule has 0 radical (unpaired) electrons. The number of halogens is 2. The Balaban J connectivity index is 0.00000180. The van der Waals surface area contributed by atoms with E-state index in [1.165, 1.54) is 16.7 Å². The fourth-order valence-electron chi connectivity index (χ4n) is 3.40. The fourth-order valence-corrected chi connectivity index (χ4v) is 10.5. The van der Waals surface area contributed by atoms with Gasteiger partial charge < -0.3 is 0 Å². The van der Waals surface area contributed by atoms with Gasteiger partial charge >= 0.3 is 120 Å². The Morgan fingerprint density at radius 3 is 1.90 bits per heavy atom. The number of hydrogen-bond acceptors (Lipinski definition) is 0. The molecule has 2 rings (SSSR count). The van der Waals surface area contributed by atoms with Crippen LogP contribution < -0.4 is 0 Å². The zero-order chi connectivity index (χ0) is 13.6. The molecular weight excluding hydrogens is 366 g/mol. The van der Waals surface area contributed by atoms with E-state index in [2.05, 4.69) is 57.9 Å². The SMILES string of the molecule is Cl.Cl.[CH2]=[Zr]([C]1=C(C)C(C)=CC1C)[C]1=C(C)C=C(C)C1C. The molecule has 0 aliphatic heterocycles. The predicted molar refractivity (Wildman–Crippen MR) is 92.9 cm³/mol. The summed E-state index contributed by atoms with van der Waals surface area (Å²) in [5.74, 6) is 1.27. The molecule has 2 aliphatic carbocycles. The number of hydrogen-bond donors (Lipinski definition) is 0.